The van der Waals surface area contributed by atoms with Crippen molar-refractivity contribution in [3.05, 3.63) is 24.3 Å². The molecule has 0 radical (unpaired) electrons. The normalized spacial score (nSPS) is 37.1. The van der Waals surface area contributed by atoms with Crippen LogP contribution in [0.2, 0.25) is 0 Å². The number of alkyl carbamates (subject to hydrolysis) is 1. The highest BCUT2D eigenvalue weighted by Crippen LogP contribution is 2.46. The van der Waals surface area contributed by atoms with E-state index in [4.69, 9.17) is 4.74 Å². The van der Waals surface area contributed by atoms with E-state index in [1.807, 2.05) is 18.2 Å². The van der Waals surface area contributed by atoms with E-state index in [1.54, 1.807) is 25.9 Å². The van der Waals surface area contributed by atoms with Crippen molar-refractivity contribution in [3.63, 3.8) is 0 Å². The molecule has 4 unspecified atom stereocenters. The second kappa shape index (κ2) is 15.9. The predicted octanol–water partition coefficient (Wildman–Crippen LogP) is 5.12. The maximum Gasteiger partial charge on any atom is 0.408 e. The van der Waals surface area contributed by atoms with E-state index < -0.39 is 71.3 Å². The van der Waals surface area contributed by atoms with Crippen LogP contribution in [0.5, 0.6) is 0 Å². The number of carbonyl (C=O) groups is 4. The number of hydrazine groups is 2. The highest BCUT2D eigenvalue weighted by atomic mass is 19.4. The molecule has 3 aliphatic heterocycles. The Labute approximate surface area is 310 Å². The fourth-order valence-electron chi connectivity index (χ4n) is 9.04. The van der Waals surface area contributed by atoms with Crippen LogP contribution in [0.4, 0.5) is 18.0 Å². The van der Waals surface area contributed by atoms with Crippen LogP contribution >= 0.6 is 0 Å². The van der Waals surface area contributed by atoms with Crippen molar-refractivity contribution >= 4 is 23.9 Å². The maximum atomic E-state index is 14.4. The van der Waals surface area contributed by atoms with Crippen molar-refractivity contribution in [1.29, 1.82) is 0 Å². The summed E-state index contributed by atoms with van der Waals surface area (Å²) in [5.74, 6) is -4.15. The second-order valence-electron chi connectivity index (χ2n) is 17.2. The number of aliphatic carboxylic acids is 1. The van der Waals surface area contributed by atoms with Crippen LogP contribution < -0.4 is 21.5 Å². The van der Waals surface area contributed by atoms with Gasteiger partial charge in [0.05, 0.1) is 12.0 Å². The van der Waals surface area contributed by atoms with Crippen LogP contribution in [-0.4, -0.2) is 93.1 Å². The fourth-order valence-corrected chi connectivity index (χ4v) is 9.04. The summed E-state index contributed by atoms with van der Waals surface area (Å²) < 4.78 is 48.1. The van der Waals surface area contributed by atoms with Gasteiger partial charge < -0.3 is 25.4 Å². The molecule has 0 bridgehead atoms. The first-order valence-corrected chi connectivity index (χ1v) is 19.6. The smallest absolute Gasteiger partial charge is 0.408 e. The minimum absolute atomic E-state index is 0.0253. The van der Waals surface area contributed by atoms with E-state index in [1.165, 1.54) is 11.3 Å². The van der Waals surface area contributed by atoms with Crippen LogP contribution in [0.3, 0.4) is 0 Å². The SMILES string of the molecule is CC(C)(C)OC(=O)N[C@@H]1CCCCC/C=C\[C@@H]2C[C@]2(C(=O)O)NC(=O)[C@@H]2C[C@H](N3NC4CC(C(F)(F)F)CC(/C=C/C5CCCCC5)C4N3)CN2C1=O. The first-order valence-electron chi connectivity index (χ1n) is 19.6. The Morgan fingerprint density at radius 1 is 0.981 bits per heavy atom. The standard InChI is InChI=1S/C38H57F3N6O6/c1-36(2,3)53-35(52)42-28-15-11-6-4-5-10-14-25-21-37(25,34(50)51)43-32(48)30-20-27(22-46(30)33(28)49)47-44-29-19-26(38(39,40)41)18-24(31(29)45-47)17-16-23-12-8-7-9-13-23/h10,14,16-17,23-31,44-45H,4-9,11-13,15,18-22H2,1-3H3,(H,42,52)(H,43,48)(H,50,51)/b14-10-,17-16+/t24?,25-,26?,27+,28-,29?,30+,31?,37+/m1/s1. The van der Waals surface area contributed by atoms with E-state index >= 15 is 0 Å². The number of alkyl halides is 3. The maximum absolute atomic E-state index is 14.4. The van der Waals surface area contributed by atoms with E-state index in [-0.39, 0.29) is 50.1 Å². The van der Waals surface area contributed by atoms with Gasteiger partial charge in [0.25, 0.3) is 0 Å². The van der Waals surface area contributed by atoms with Gasteiger partial charge in [0.15, 0.2) is 0 Å². The molecule has 0 aromatic rings. The topological polar surface area (TPSA) is 152 Å². The molecule has 5 N–H and O–H groups in total. The van der Waals surface area contributed by atoms with Gasteiger partial charge in [-0.25, -0.2) is 20.4 Å². The summed E-state index contributed by atoms with van der Waals surface area (Å²) in [6.45, 7) is 5.17. The number of nitrogens with zero attached hydrogens (tertiary/aromatic N) is 2. The van der Waals surface area contributed by atoms with Crippen LogP contribution in [0.25, 0.3) is 0 Å². The summed E-state index contributed by atoms with van der Waals surface area (Å²) in [6, 6.07) is -3.49. The lowest BCUT2D eigenvalue weighted by Crippen LogP contribution is -2.56. The highest BCUT2D eigenvalue weighted by Gasteiger charge is 2.62. The van der Waals surface area contributed by atoms with E-state index in [9.17, 15) is 37.5 Å². The first-order chi connectivity index (χ1) is 25.0. The van der Waals surface area contributed by atoms with Gasteiger partial charge in [-0.15, -0.1) is 0 Å². The van der Waals surface area contributed by atoms with Crippen LogP contribution in [0, 0.1) is 23.7 Å². The van der Waals surface area contributed by atoms with Crippen molar-refractivity contribution in [2.24, 2.45) is 23.7 Å². The van der Waals surface area contributed by atoms with E-state index in [2.05, 4.69) is 27.6 Å². The first kappa shape index (κ1) is 39.5. The Morgan fingerprint density at radius 2 is 1.70 bits per heavy atom. The minimum atomic E-state index is -4.34. The quantitative estimate of drug-likeness (QED) is 0.242. The number of ether oxygens (including phenoxy) is 1. The molecule has 3 aliphatic carbocycles. The molecule has 2 saturated heterocycles. The zero-order valence-corrected chi connectivity index (χ0v) is 31.1. The van der Waals surface area contributed by atoms with Crippen LogP contribution in [-0.2, 0) is 19.1 Å². The average Bonchev–Trinajstić information content (AvgIpc) is 3.38. The summed E-state index contributed by atoms with van der Waals surface area (Å²) in [5, 5.41) is 17.4. The summed E-state index contributed by atoms with van der Waals surface area (Å²) in [4.78, 5) is 55.4. The highest BCUT2D eigenvalue weighted by molar-refractivity contribution is 5.96. The molecular weight excluding hydrogens is 693 g/mol. The number of allylic oxidation sites excluding steroid dienone is 2. The Bertz CT molecular complexity index is 1430. The molecule has 0 aromatic heterocycles. The number of nitrogens with one attached hydrogen (secondary N) is 4. The van der Waals surface area contributed by atoms with Gasteiger partial charge >= 0.3 is 18.2 Å². The molecule has 6 aliphatic rings. The van der Waals surface area contributed by atoms with E-state index in [0.29, 0.717) is 25.2 Å². The van der Waals surface area contributed by atoms with Gasteiger partial charge in [-0.2, -0.15) is 18.3 Å². The van der Waals surface area contributed by atoms with E-state index in [0.717, 1.165) is 38.5 Å². The van der Waals surface area contributed by atoms with Gasteiger partial charge in [-0.05, 0) is 90.4 Å². The van der Waals surface area contributed by atoms with Gasteiger partial charge in [0.1, 0.15) is 23.2 Å². The number of halogens is 3. The number of carboxylic acids is 1. The Morgan fingerprint density at radius 3 is 2.40 bits per heavy atom. The Kier molecular flexibility index (Phi) is 11.9. The average molecular weight is 751 g/mol. The third-order valence-electron chi connectivity index (χ3n) is 12.0. The molecule has 3 saturated carbocycles. The molecule has 12 nitrogen and oxygen atoms in total. The zero-order chi connectivity index (χ0) is 38.1. The number of rotatable bonds is 5. The minimum Gasteiger partial charge on any atom is -0.479 e. The lowest BCUT2D eigenvalue weighted by molar-refractivity contribution is -0.186. The third-order valence-corrected chi connectivity index (χ3v) is 12.0. The van der Waals surface area contributed by atoms with Crippen molar-refractivity contribution in [3.8, 4) is 0 Å². The number of carboxylic acid groups (broad SMARTS) is 1. The van der Waals surface area contributed by atoms with Gasteiger partial charge in [0, 0.05) is 24.5 Å². The molecule has 15 heteroatoms. The largest absolute Gasteiger partial charge is 0.479 e. The lowest BCUT2D eigenvalue weighted by Gasteiger charge is -2.37. The van der Waals surface area contributed by atoms with Crippen LogP contribution in [0.1, 0.15) is 111 Å². The molecular formula is C38H57F3N6O6. The molecule has 6 rings (SSSR count). The molecule has 3 amide bonds. The number of amides is 3. The molecule has 0 aromatic carbocycles. The number of fused-ring (bicyclic) bond motifs is 3. The van der Waals surface area contributed by atoms with Gasteiger partial charge in [0.2, 0.25) is 11.8 Å². The molecule has 5 fully saturated rings. The number of hydrogen-bond acceptors (Lipinski definition) is 8. The van der Waals surface area contributed by atoms with Crippen LogP contribution in [0.15, 0.2) is 24.3 Å². The van der Waals surface area contributed by atoms with Crippen molar-refractivity contribution in [2.75, 3.05) is 6.54 Å². The lowest BCUT2D eigenvalue weighted by atomic mass is 9.74. The molecule has 9 atom stereocenters. The Balaban J connectivity index is 1.25. The monoisotopic (exact) mass is 750 g/mol. The van der Waals surface area contributed by atoms with Gasteiger partial charge in [-0.3, -0.25) is 9.59 Å². The fraction of sp³-hybridized carbons (Fsp3) is 0.789. The predicted molar refractivity (Wildman–Crippen MR) is 190 cm³/mol. The molecule has 296 valence electrons. The molecule has 0 spiro atoms. The number of carbonyl (C=O) groups excluding carboxylic acids is 3. The van der Waals surface area contributed by atoms with Crippen molar-refractivity contribution in [1.82, 2.24) is 31.5 Å². The summed E-state index contributed by atoms with van der Waals surface area (Å²) >= 11 is 0. The molecule has 3 heterocycles. The molecule has 53 heavy (non-hydrogen) atoms. The van der Waals surface area contributed by atoms with Crippen molar-refractivity contribution < 1.29 is 42.2 Å². The number of hydrogen-bond donors (Lipinski definition) is 5. The summed E-state index contributed by atoms with van der Waals surface area (Å²) in [7, 11) is 0. The summed E-state index contributed by atoms with van der Waals surface area (Å²) in [5.41, 5.74) is 4.42. The summed E-state index contributed by atoms with van der Waals surface area (Å²) in [6.07, 6.45) is 11.6. The zero-order valence-electron chi connectivity index (χ0n) is 31.1. The van der Waals surface area contributed by atoms with Gasteiger partial charge in [-0.1, -0.05) is 56.4 Å². The third kappa shape index (κ3) is 9.38. The second-order valence-corrected chi connectivity index (χ2v) is 17.2. The van der Waals surface area contributed by atoms with Crippen molar-refractivity contribution in [2.45, 2.75) is 158 Å². The Hall–Kier alpha value is -3.17.